The summed E-state index contributed by atoms with van der Waals surface area (Å²) in [6, 6.07) is 0. The molecule has 3 fully saturated rings. The Morgan fingerprint density at radius 1 is 1.14 bits per heavy atom. The minimum atomic E-state index is -0.117. The Bertz CT molecular complexity index is 498. The van der Waals surface area contributed by atoms with Gasteiger partial charge in [0, 0.05) is 0 Å². The summed E-state index contributed by atoms with van der Waals surface area (Å²) < 4.78 is 0. The Morgan fingerprint density at radius 3 is 2.68 bits per heavy atom. The first kappa shape index (κ1) is 15.2. The molecule has 4 aliphatic rings. The molecule has 124 valence electrons. The standard InChI is InChI=1S/C20H32O2/c1-12-11-20(3)16(6-7-17(20)22)15-5-4-13-10-14(21)8-9-19(13,2)18(12)15/h4,12,14-18,21-22H,5-11H2,1-3H3/t12-,14+,15+,16+,17+,18+,19+,20+/m1/s1. The molecule has 0 amide bonds. The van der Waals surface area contributed by atoms with Gasteiger partial charge in [0.15, 0.2) is 0 Å². The van der Waals surface area contributed by atoms with Gasteiger partial charge in [-0.3, -0.25) is 0 Å². The van der Waals surface area contributed by atoms with Crippen molar-refractivity contribution in [2.75, 3.05) is 0 Å². The van der Waals surface area contributed by atoms with Crippen LogP contribution in [-0.2, 0) is 0 Å². The Morgan fingerprint density at radius 2 is 1.91 bits per heavy atom. The normalized spacial score (nSPS) is 57.6. The quantitative estimate of drug-likeness (QED) is 0.666. The highest BCUT2D eigenvalue weighted by atomic mass is 16.3. The summed E-state index contributed by atoms with van der Waals surface area (Å²) in [4.78, 5) is 0. The van der Waals surface area contributed by atoms with Crippen molar-refractivity contribution in [3.05, 3.63) is 11.6 Å². The van der Waals surface area contributed by atoms with Crippen molar-refractivity contribution < 1.29 is 10.2 Å². The summed E-state index contributed by atoms with van der Waals surface area (Å²) in [5.41, 5.74) is 1.99. The van der Waals surface area contributed by atoms with Gasteiger partial charge in [-0.1, -0.05) is 32.4 Å². The highest BCUT2D eigenvalue weighted by Crippen LogP contribution is 2.66. The average Bonchev–Trinajstić information content (AvgIpc) is 2.75. The van der Waals surface area contributed by atoms with E-state index >= 15 is 0 Å². The molecule has 0 heterocycles. The Hall–Kier alpha value is -0.340. The molecular formula is C20H32O2. The van der Waals surface area contributed by atoms with Crippen molar-refractivity contribution >= 4 is 0 Å². The van der Waals surface area contributed by atoms with E-state index in [0.717, 1.165) is 37.5 Å². The summed E-state index contributed by atoms with van der Waals surface area (Å²) >= 11 is 0. The zero-order valence-electron chi connectivity index (χ0n) is 14.4. The van der Waals surface area contributed by atoms with Crippen LogP contribution in [-0.4, -0.2) is 22.4 Å². The summed E-state index contributed by atoms with van der Waals surface area (Å²) in [6.07, 6.45) is 9.87. The van der Waals surface area contributed by atoms with Crippen molar-refractivity contribution in [2.45, 2.75) is 77.9 Å². The lowest BCUT2D eigenvalue weighted by Crippen LogP contribution is -2.54. The third-order valence-corrected chi connectivity index (χ3v) is 8.27. The van der Waals surface area contributed by atoms with Crippen LogP contribution in [0.4, 0.5) is 0 Å². The molecule has 2 heteroatoms. The number of aliphatic hydroxyl groups excluding tert-OH is 2. The molecule has 0 spiro atoms. The Balaban J connectivity index is 1.73. The summed E-state index contributed by atoms with van der Waals surface area (Å²) in [7, 11) is 0. The molecule has 4 rings (SSSR count). The van der Waals surface area contributed by atoms with E-state index < -0.39 is 0 Å². The largest absolute Gasteiger partial charge is 0.393 e. The van der Waals surface area contributed by atoms with Gasteiger partial charge in [0.2, 0.25) is 0 Å². The number of aliphatic hydroxyl groups is 2. The van der Waals surface area contributed by atoms with Gasteiger partial charge >= 0.3 is 0 Å². The fourth-order valence-corrected chi connectivity index (χ4v) is 7.33. The van der Waals surface area contributed by atoms with Crippen LogP contribution < -0.4 is 0 Å². The molecule has 0 bridgehead atoms. The minimum Gasteiger partial charge on any atom is -0.393 e. The van der Waals surface area contributed by atoms with Gasteiger partial charge in [0.05, 0.1) is 12.2 Å². The number of fused-ring (bicyclic) bond motifs is 5. The fraction of sp³-hybridized carbons (Fsp3) is 0.900. The summed E-state index contributed by atoms with van der Waals surface area (Å²) in [6.45, 7) is 7.27. The van der Waals surface area contributed by atoms with Crippen molar-refractivity contribution in [3.63, 3.8) is 0 Å². The SMILES string of the molecule is C[C@@H]1C[C@]2(C)[C@@H](O)CC[C@H]2[C@@H]2CC=C3C[C@@H](O)CC[C@]3(C)[C@H]21. The van der Waals surface area contributed by atoms with Crippen LogP contribution in [0.2, 0.25) is 0 Å². The molecule has 8 atom stereocenters. The molecule has 4 aliphatic carbocycles. The lowest BCUT2D eigenvalue weighted by atomic mass is 9.45. The summed E-state index contributed by atoms with van der Waals surface area (Å²) in [5, 5.41) is 20.7. The maximum atomic E-state index is 10.6. The molecule has 0 aromatic heterocycles. The maximum absolute atomic E-state index is 10.6. The van der Waals surface area contributed by atoms with E-state index in [1.807, 2.05) is 0 Å². The maximum Gasteiger partial charge on any atom is 0.0596 e. The van der Waals surface area contributed by atoms with Crippen LogP contribution in [0.5, 0.6) is 0 Å². The second-order valence-electron chi connectivity index (χ2n) is 9.36. The van der Waals surface area contributed by atoms with Crippen LogP contribution in [0.1, 0.15) is 65.7 Å². The monoisotopic (exact) mass is 304 g/mol. The van der Waals surface area contributed by atoms with Gasteiger partial charge in [-0.15, -0.1) is 0 Å². The summed E-state index contributed by atoms with van der Waals surface area (Å²) in [5.74, 6) is 2.88. The van der Waals surface area contributed by atoms with Gasteiger partial charge in [-0.2, -0.15) is 0 Å². The second-order valence-corrected chi connectivity index (χ2v) is 9.36. The lowest BCUT2D eigenvalue weighted by Gasteiger charge is -2.60. The van der Waals surface area contributed by atoms with E-state index in [1.165, 1.54) is 19.3 Å². The number of rotatable bonds is 0. The lowest BCUT2D eigenvalue weighted by molar-refractivity contribution is -0.0998. The molecule has 3 saturated carbocycles. The first-order chi connectivity index (χ1) is 10.4. The van der Waals surface area contributed by atoms with Crippen LogP contribution in [0.25, 0.3) is 0 Å². The Kier molecular flexibility index (Phi) is 3.34. The van der Waals surface area contributed by atoms with E-state index in [9.17, 15) is 10.2 Å². The minimum absolute atomic E-state index is 0.0905. The van der Waals surface area contributed by atoms with E-state index in [1.54, 1.807) is 5.57 Å². The molecule has 2 N–H and O–H groups in total. The van der Waals surface area contributed by atoms with Crippen LogP contribution in [0.15, 0.2) is 11.6 Å². The highest BCUT2D eigenvalue weighted by molar-refractivity contribution is 5.26. The zero-order valence-corrected chi connectivity index (χ0v) is 14.4. The number of hydrogen-bond donors (Lipinski definition) is 2. The van der Waals surface area contributed by atoms with E-state index in [4.69, 9.17) is 0 Å². The zero-order chi connectivity index (χ0) is 15.7. The van der Waals surface area contributed by atoms with Gasteiger partial charge in [0.25, 0.3) is 0 Å². The predicted octanol–water partition coefficient (Wildman–Crippen LogP) is 3.92. The molecule has 0 saturated heterocycles. The number of hydrogen-bond acceptors (Lipinski definition) is 2. The van der Waals surface area contributed by atoms with Gasteiger partial charge in [0.1, 0.15) is 0 Å². The molecule has 0 unspecified atom stereocenters. The predicted molar refractivity (Wildman–Crippen MR) is 88.3 cm³/mol. The van der Waals surface area contributed by atoms with Gasteiger partial charge in [-0.05, 0) is 79.4 Å². The topological polar surface area (TPSA) is 40.5 Å². The molecule has 22 heavy (non-hydrogen) atoms. The third-order valence-electron chi connectivity index (χ3n) is 8.27. The molecule has 0 aliphatic heterocycles. The van der Waals surface area contributed by atoms with Gasteiger partial charge < -0.3 is 10.2 Å². The molecule has 0 radical (unpaired) electrons. The van der Waals surface area contributed by atoms with E-state index in [-0.39, 0.29) is 17.6 Å². The second kappa shape index (κ2) is 4.83. The third kappa shape index (κ3) is 1.86. The van der Waals surface area contributed by atoms with Crippen molar-refractivity contribution in [2.24, 2.45) is 34.5 Å². The average molecular weight is 304 g/mol. The first-order valence-electron chi connectivity index (χ1n) is 9.42. The molecule has 2 nitrogen and oxygen atoms in total. The number of allylic oxidation sites excluding steroid dienone is 1. The first-order valence-corrected chi connectivity index (χ1v) is 9.42. The highest BCUT2D eigenvalue weighted by Gasteiger charge is 2.60. The van der Waals surface area contributed by atoms with E-state index in [2.05, 4.69) is 26.8 Å². The van der Waals surface area contributed by atoms with Crippen LogP contribution in [0.3, 0.4) is 0 Å². The van der Waals surface area contributed by atoms with Crippen molar-refractivity contribution in [1.82, 2.24) is 0 Å². The Labute approximate surface area is 135 Å². The molecule has 0 aromatic carbocycles. The van der Waals surface area contributed by atoms with Crippen molar-refractivity contribution in [1.29, 1.82) is 0 Å². The van der Waals surface area contributed by atoms with Crippen LogP contribution in [0, 0.1) is 34.5 Å². The fourth-order valence-electron chi connectivity index (χ4n) is 7.33. The van der Waals surface area contributed by atoms with Crippen molar-refractivity contribution in [3.8, 4) is 0 Å². The smallest absolute Gasteiger partial charge is 0.0596 e. The molecule has 0 aromatic rings. The van der Waals surface area contributed by atoms with E-state index in [0.29, 0.717) is 17.3 Å². The molecular weight excluding hydrogens is 272 g/mol. The van der Waals surface area contributed by atoms with Gasteiger partial charge in [-0.25, -0.2) is 0 Å². The van der Waals surface area contributed by atoms with Crippen LogP contribution >= 0.6 is 0 Å².